The number of ether oxygens (including phenoxy) is 1. The molecule has 0 saturated carbocycles. The largest absolute Gasteiger partial charge is 0.375 e. The summed E-state index contributed by atoms with van der Waals surface area (Å²) in [5, 5.41) is 3.64. The van der Waals surface area contributed by atoms with Crippen molar-refractivity contribution in [3.05, 3.63) is 114 Å². The third-order valence-electron chi connectivity index (χ3n) is 4.41. The molecular formula is C24H25NO. The maximum absolute atomic E-state index is 5.88. The first-order valence-corrected chi connectivity index (χ1v) is 8.96. The number of methoxy groups -OCH3 is 1. The highest BCUT2D eigenvalue weighted by Crippen LogP contribution is 2.31. The van der Waals surface area contributed by atoms with Gasteiger partial charge in [-0.1, -0.05) is 103 Å². The first-order chi connectivity index (χ1) is 12.9. The molecule has 26 heavy (non-hydrogen) atoms. The van der Waals surface area contributed by atoms with Crippen LogP contribution in [0.5, 0.6) is 0 Å². The van der Waals surface area contributed by atoms with Crippen LogP contribution in [-0.2, 0) is 4.74 Å². The highest BCUT2D eigenvalue weighted by Gasteiger charge is 2.23. The van der Waals surface area contributed by atoms with Gasteiger partial charge in [0, 0.05) is 13.7 Å². The molecule has 0 aliphatic heterocycles. The molecule has 0 saturated heterocycles. The molecule has 0 aliphatic carbocycles. The van der Waals surface area contributed by atoms with E-state index in [1.807, 2.05) is 18.2 Å². The molecule has 0 aliphatic rings. The third kappa shape index (κ3) is 4.92. The molecule has 0 radical (unpaired) electrons. The molecule has 2 nitrogen and oxygen atoms in total. The predicted octanol–water partition coefficient (Wildman–Crippen LogP) is 5.42. The molecule has 0 aromatic heterocycles. The molecule has 0 fully saturated rings. The van der Waals surface area contributed by atoms with Crippen LogP contribution in [0, 0.1) is 0 Å². The van der Waals surface area contributed by atoms with Crippen LogP contribution >= 0.6 is 0 Å². The van der Waals surface area contributed by atoms with Crippen LogP contribution in [0.4, 0.5) is 0 Å². The summed E-state index contributed by atoms with van der Waals surface area (Å²) in [6.45, 7) is 0.765. The summed E-state index contributed by atoms with van der Waals surface area (Å²) in [6.07, 6.45) is 4.24. The lowest BCUT2D eigenvalue weighted by Crippen LogP contribution is -2.28. The minimum Gasteiger partial charge on any atom is -0.375 e. The number of benzene rings is 3. The zero-order valence-corrected chi connectivity index (χ0v) is 15.1. The monoisotopic (exact) mass is 343 g/mol. The molecule has 3 rings (SSSR count). The van der Waals surface area contributed by atoms with Gasteiger partial charge < -0.3 is 10.1 Å². The highest BCUT2D eigenvalue weighted by molar-refractivity contribution is 5.48. The second kappa shape index (κ2) is 9.71. The van der Waals surface area contributed by atoms with Crippen LogP contribution < -0.4 is 5.32 Å². The van der Waals surface area contributed by atoms with Crippen LogP contribution in [0.1, 0.15) is 28.8 Å². The van der Waals surface area contributed by atoms with Gasteiger partial charge in [0.25, 0.3) is 0 Å². The summed E-state index contributed by atoms with van der Waals surface area (Å²) in [7, 11) is 1.77. The predicted molar refractivity (Wildman–Crippen MR) is 109 cm³/mol. The summed E-state index contributed by atoms with van der Waals surface area (Å²) in [5.41, 5.74) is 3.59. The number of nitrogens with one attached hydrogen (secondary N) is 1. The van der Waals surface area contributed by atoms with E-state index < -0.39 is 0 Å². The van der Waals surface area contributed by atoms with E-state index in [2.05, 4.69) is 90.3 Å². The Morgan fingerprint density at radius 2 is 1.31 bits per heavy atom. The van der Waals surface area contributed by atoms with Crippen molar-refractivity contribution in [2.45, 2.75) is 12.1 Å². The third-order valence-corrected chi connectivity index (χ3v) is 4.41. The summed E-state index contributed by atoms with van der Waals surface area (Å²) < 4.78 is 5.88. The fourth-order valence-electron chi connectivity index (χ4n) is 3.12. The lowest BCUT2D eigenvalue weighted by Gasteiger charge is -2.27. The van der Waals surface area contributed by atoms with E-state index in [1.165, 1.54) is 16.7 Å². The van der Waals surface area contributed by atoms with Crippen molar-refractivity contribution >= 4 is 6.08 Å². The van der Waals surface area contributed by atoms with E-state index in [9.17, 15) is 0 Å². The minimum absolute atomic E-state index is 0.0521. The molecule has 132 valence electrons. The number of hydrogen-bond donors (Lipinski definition) is 1. The van der Waals surface area contributed by atoms with Crippen LogP contribution in [0.15, 0.2) is 97.1 Å². The molecule has 0 spiro atoms. The Kier molecular flexibility index (Phi) is 6.77. The van der Waals surface area contributed by atoms with Gasteiger partial charge in [-0.05, 0) is 16.7 Å². The normalized spacial score (nSPS) is 13.6. The van der Waals surface area contributed by atoms with Crippen molar-refractivity contribution < 1.29 is 4.74 Å². The molecule has 2 atom stereocenters. The van der Waals surface area contributed by atoms with E-state index in [1.54, 1.807) is 7.11 Å². The first kappa shape index (κ1) is 18.1. The Morgan fingerprint density at radius 1 is 0.769 bits per heavy atom. The van der Waals surface area contributed by atoms with Crippen molar-refractivity contribution in [2.24, 2.45) is 0 Å². The summed E-state index contributed by atoms with van der Waals surface area (Å²) in [5.74, 6) is 0. The topological polar surface area (TPSA) is 21.3 Å². The average Bonchev–Trinajstić information content (AvgIpc) is 2.72. The van der Waals surface area contributed by atoms with Crippen LogP contribution in [0.25, 0.3) is 6.08 Å². The Balaban J connectivity index is 1.76. The smallest absolute Gasteiger partial charge is 0.102 e. The maximum atomic E-state index is 5.88. The molecule has 0 amide bonds. The van der Waals surface area contributed by atoms with E-state index in [4.69, 9.17) is 4.74 Å². The van der Waals surface area contributed by atoms with Crippen LogP contribution in [0.3, 0.4) is 0 Å². The second-order valence-corrected chi connectivity index (χ2v) is 6.18. The zero-order chi connectivity index (χ0) is 18.0. The molecule has 0 heterocycles. The zero-order valence-electron chi connectivity index (χ0n) is 15.1. The van der Waals surface area contributed by atoms with Gasteiger partial charge in [0.15, 0.2) is 0 Å². The van der Waals surface area contributed by atoms with Crippen molar-refractivity contribution in [1.29, 1.82) is 0 Å². The van der Waals surface area contributed by atoms with E-state index in [-0.39, 0.29) is 12.1 Å². The first-order valence-electron chi connectivity index (χ1n) is 8.96. The second-order valence-electron chi connectivity index (χ2n) is 6.18. The van der Waals surface area contributed by atoms with E-state index >= 15 is 0 Å². The Morgan fingerprint density at radius 3 is 1.88 bits per heavy atom. The standard InChI is InChI=1S/C24H25NO/c1-26-24(22-17-9-4-10-18-22)23(21-15-7-3-8-16-21)25-19-11-14-20-12-5-2-6-13-20/h2-18,23-25H,19H2,1H3/b14-11+/t23-,24+/m1/s1. The van der Waals surface area contributed by atoms with Gasteiger partial charge in [0.05, 0.1) is 6.04 Å². The molecule has 3 aromatic rings. The SMILES string of the molecule is CO[C@@H](c1ccccc1)[C@H](NC/C=C/c1ccccc1)c1ccccc1. The maximum Gasteiger partial charge on any atom is 0.102 e. The number of rotatable bonds is 8. The Labute approximate surface area is 156 Å². The van der Waals surface area contributed by atoms with Gasteiger partial charge in [0.2, 0.25) is 0 Å². The Hall–Kier alpha value is -2.68. The van der Waals surface area contributed by atoms with Gasteiger partial charge in [0.1, 0.15) is 6.10 Å². The van der Waals surface area contributed by atoms with E-state index in [0.29, 0.717) is 0 Å². The molecule has 3 aromatic carbocycles. The molecule has 1 N–H and O–H groups in total. The van der Waals surface area contributed by atoms with Gasteiger partial charge in [-0.25, -0.2) is 0 Å². The number of hydrogen-bond acceptors (Lipinski definition) is 2. The lowest BCUT2D eigenvalue weighted by atomic mass is 9.95. The average molecular weight is 343 g/mol. The quantitative estimate of drug-likeness (QED) is 0.590. The van der Waals surface area contributed by atoms with Crippen molar-refractivity contribution in [3.63, 3.8) is 0 Å². The van der Waals surface area contributed by atoms with Crippen molar-refractivity contribution in [3.8, 4) is 0 Å². The van der Waals surface area contributed by atoms with Gasteiger partial charge in [-0.2, -0.15) is 0 Å². The summed E-state index contributed by atoms with van der Waals surface area (Å²) in [6, 6.07) is 31.3. The van der Waals surface area contributed by atoms with Gasteiger partial charge in [-0.3, -0.25) is 0 Å². The van der Waals surface area contributed by atoms with E-state index in [0.717, 1.165) is 6.54 Å². The van der Waals surface area contributed by atoms with Crippen molar-refractivity contribution in [2.75, 3.05) is 13.7 Å². The van der Waals surface area contributed by atoms with Crippen LogP contribution in [0.2, 0.25) is 0 Å². The van der Waals surface area contributed by atoms with Crippen molar-refractivity contribution in [1.82, 2.24) is 5.32 Å². The summed E-state index contributed by atoms with van der Waals surface area (Å²) >= 11 is 0. The molecule has 0 unspecified atom stereocenters. The Bertz CT molecular complexity index is 784. The molecule has 0 bridgehead atoms. The summed E-state index contributed by atoms with van der Waals surface area (Å²) in [4.78, 5) is 0. The fraction of sp³-hybridized carbons (Fsp3) is 0.167. The molecule has 2 heteroatoms. The van der Waals surface area contributed by atoms with Crippen LogP contribution in [-0.4, -0.2) is 13.7 Å². The lowest BCUT2D eigenvalue weighted by molar-refractivity contribution is 0.0688. The van der Waals surface area contributed by atoms with Gasteiger partial charge >= 0.3 is 0 Å². The minimum atomic E-state index is -0.0521. The highest BCUT2D eigenvalue weighted by atomic mass is 16.5. The van der Waals surface area contributed by atoms with Gasteiger partial charge in [-0.15, -0.1) is 0 Å². The molecular weight excluding hydrogens is 318 g/mol. The fourth-order valence-corrected chi connectivity index (χ4v) is 3.12.